The van der Waals surface area contributed by atoms with Gasteiger partial charge in [0.25, 0.3) is 5.91 Å². The summed E-state index contributed by atoms with van der Waals surface area (Å²) in [6, 6.07) is 4.46. The summed E-state index contributed by atoms with van der Waals surface area (Å²) in [5.41, 5.74) is -0.146. The molecule has 0 atom stereocenters. The molecule has 2 heterocycles. The minimum absolute atomic E-state index is 0.0647. The molecule has 2 aromatic rings. The molecule has 0 bridgehead atoms. The van der Waals surface area contributed by atoms with Crippen molar-refractivity contribution in [2.45, 2.75) is 26.3 Å². The summed E-state index contributed by atoms with van der Waals surface area (Å²) >= 11 is 0. The predicted molar refractivity (Wildman–Crippen MR) is 75.9 cm³/mol. The van der Waals surface area contributed by atoms with E-state index in [2.05, 4.69) is 10.4 Å². The van der Waals surface area contributed by atoms with Crippen LogP contribution >= 0.6 is 0 Å². The van der Waals surface area contributed by atoms with Gasteiger partial charge in [0.2, 0.25) is 0 Å². The molecule has 6 nitrogen and oxygen atoms in total. The Bertz CT molecular complexity index is 699. The lowest BCUT2D eigenvalue weighted by Crippen LogP contribution is -2.32. The van der Waals surface area contributed by atoms with Gasteiger partial charge in [-0.2, -0.15) is 5.10 Å². The van der Waals surface area contributed by atoms with Crippen LogP contribution in [0.25, 0.3) is 0 Å². The van der Waals surface area contributed by atoms with Crippen LogP contribution in [0.5, 0.6) is 0 Å². The largest absolute Gasteiger partial charge is 0.456 e. The second-order valence-corrected chi connectivity index (χ2v) is 5.65. The third kappa shape index (κ3) is 3.21. The van der Waals surface area contributed by atoms with Gasteiger partial charge in [0.05, 0.1) is 0 Å². The van der Waals surface area contributed by atoms with Gasteiger partial charge in [-0.25, -0.2) is 0 Å². The molecule has 6 heteroatoms. The van der Waals surface area contributed by atoms with Crippen molar-refractivity contribution in [3.63, 3.8) is 0 Å². The minimum atomic E-state index is -0.345. The SMILES string of the molecule is Cc1cc(=O)cc(C(=O)NCC2(Cn3cccn3)CC2)o1. The van der Waals surface area contributed by atoms with Crippen molar-refractivity contribution in [1.29, 1.82) is 0 Å². The summed E-state index contributed by atoms with van der Waals surface area (Å²) in [6.45, 7) is 3.00. The third-order valence-corrected chi connectivity index (χ3v) is 3.75. The quantitative estimate of drug-likeness (QED) is 0.900. The first kappa shape index (κ1) is 13.6. The monoisotopic (exact) mass is 287 g/mol. The molecular weight excluding hydrogens is 270 g/mol. The van der Waals surface area contributed by atoms with Crippen molar-refractivity contribution in [3.05, 3.63) is 52.3 Å². The summed E-state index contributed by atoms with van der Waals surface area (Å²) < 4.78 is 7.16. The third-order valence-electron chi connectivity index (χ3n) is 3.75. The van der Waals surface area contributed by atoms with Crippen LogP contribution in [0.15, 0.2) is 39.8 Å². The Morgan fingerprint density at radius 2 is 2.29 bits per heavy atom. The topological polar surface area (TPSA) is 77.1 Å². The smallest absolute Gasteiger partial charge is 0.287 e. The Kier molecular flexibility index (Phi) is 3.37. The molecule has 0 unspecified atom stereocenters. The number of hydrogen-bond donors (Lipinski definition) is 1. The highest BCUT2D eigenvalue weighted by molar-refractivity contribution is 5.91. The molecular formula is C15H17N3O3. The van der Waals surface area contributed by atoms with E-state index in [1.807, 2.05) is 16.9 Å². The van der Waals surface area contributed by atoms with Crippen LogP contribution in [-0.2, 0) is 6.54 Å². The normalized spacial score (nSPS) is 15.7. The van der Waals surface area contributed by atoms with Crippen molar-refractivity contribution in [1.82, 2.24) is 15.1 Å². The van der Waals surface area contributed by atoms with Gasteiger partial charge in [-0.1, -0.05) is 0 Å². The second kappa shape index (κ2) is 5.20. The van der Waals surface area contributed by atoms with E-state index in [9.17, 15) is 9.59 Å². The van der Waals surface area contributed by atoms with Gasteiger partial charge in [-0.3, -0.25) is 14.3 Å². The Balaban J connectivity index is 1.62. The van der Waals surface area contributed by atoms with Crippen molar-refractivity contribution >= 4 is 5.91 Å². The zero-order chi connectivity index (χ0) is 14.9. The molecule has 0 radical (unpaired) electrons. The van der Waals surface area contributed by atoms with E-state index in [-0.39, 0.29) is 22.5 Å². The summed E-state index contributed by atoms with van der Waals surface area (Å²) in [4.78, 5) is 23.4. The molecule has 2 aromatic heterocycles. The fourth-order valence-electron chi connectivity index (χ4n) is 2.38. The number of amides is 1. The molecule has 0 spiro atoms. The highest BCUT2D eigenvalue weighted by atomic mass is 16.3. The molecule has 0 aromatic carbocycles. The maximum absolute atomic E-state index is 12.1. The van der Waals surface area contributed by atoms with Crippen molar-refractivity contribution in [2.75, 3.05) is 6.54 Å². The number of nitrogens with one attached hydrogen (secondary N) is 1. The van der Waals surface area contributed by atoms with Gasteiger partial charge in [-0.15, -0.1) is 0 Å². The van der Waals surface area contributed by atoms with Crippen molar-refractivity contribution in [2.24, 2.45) is 5.41 Å². The average molecular weight is 287 g/mol. The zero-order valence-electron chi connectivity index (χ0n) is 11.8. The van der Waals surface area contributed by atoms with Crippen LogP contribution in [0.3, 0.4) is 0 Å². The first-order chi connectivity index (χ1) is 10.1. The van der Waals surface area contributed by atoms with Gasteiger partial charge < -0.3 is 9.73 Å². The fraction of sp³-hybridized carbons (Fsp3) is 0.400. The van der Waals surface area contributed by atoms with Crippen LogP contribution in [0.4, 0.5) is 0 Å². The number of aryl methyl sites for hydroxylation is 1. The average Bonchev–Trinajstić information content (AvgIpc) is 2.99. The molecule has 3 rings (SSSR count). The molecule has 1 amide bonds. The molecule has 110 valence electrons. The Labute approximate surface area is 121 Å². The first-order valence-electron chi connectivity index (χ1n) is 6.94. The molecule has 1 aliphatic carbocycles. The van der Waals surface area contributed by atoms with Gasteiger partial charge in [0.1, 0.15) is 5.76 Å². The number of aromatic nitrogens is 2. The second-order valence-electron chi connectivity index (χ2n) is 5.65. The van der Waals surface area contributed by atoms with E-state index in [1.54, 1.807) is 13.1 Å². The summed E-state index contributed by atoms with van der Waals surface area (Å²) in [7, 11) is 0. The number of rotatable bonds is 5. The van der Waals surface area contributed by atoms with Crippen LogP contribution in [0.2, 0.25) is 0 Å². The lowest BCUT2D eigenvalue weighted by atomic mass is 10.1. The zero-order valence-corrected chi connectivity index (χ0v) is 11.8. The van der Waals surface area contributed by atoms with E-state index in [0.717, 1.165) is 19.4 Å². The minimum Gasteiger partial charge on any atom is -0.456 e. The lowest BCUT2D eigenvalue weighted by molar-refractivity contribution is 0.0910. The molecule has 1 N–H and O–H groups in total. The van der Waals surface area contributed by atoms with Crippen LogP contribution in [0, 0.1) is 12.3 Å². The molecule has 1 aliphatic rings. The molecule has 0 aliphatic heterocycles. The molecule has 21 heavy (non-hydrogen) atoms. The van der Waals surface area contributed by atoms with E-state index in [4.69, 9.17) is 4.42 Å². The maximum atomic E-state index is 12.1. The Morgan fingerprint density at radius 1 is 1.48 bits per heavy atom. The summed E-state index contributed by atoms with van der Waals surface area (Å²) in [5.74, 6) is 0.155. The molecule has 1 fully saturated rings. The molecule has 1 saturated carbocycles. The highest BCUT2D eigenvalue weighted by Crippen LogP contribution is 2.46. The maximum Gasteiger partial charge on any atom is 0.287 e. The highest BCUT2D eigenvalue weighted by Gasteiger charge is 2.43. The van der Waals surface area contributed by atoms with Gasteiger partial charge in [0.15, 0.2) is 11.2 Å². The first-order valence-corrected chi connectivity index (χ1v) is 6.94. The van der Waals surface area contributed by atoms with Gasteiger partial charge in [0, 0.05) is 43.0 Å². The number of carbonyl (C=O) groups is 1. The van der Waals surface area contributed by atoms with E-state index in [0.29, 0.717) is 12.3 Å². The van der Waals surface area contributed by atoms with Crippen LogP contribution in [-0.4, -0.2) is 22.2 Å². The predicted octanol–water partition coefficient (Wildman–Crippen LogP) is 1.35. The van der Waals surface area contributed by atoms with Gasteiger partial charge in [-0.05, 0) is 25.8 Å². The number of hydrogen-bond acceptors (Lipinski definition) is 4. The standard InChI is InChI=1S/C15H17N3O3/c1-11-7-12(19)8-13(21-11)14(20)16-9-15(3-4-15)10-18-6-2-5-17-18/h2,5-8H,3-4,9-10H2,1H3,(H,16,20). The van der Waals surface area contributed by atoms with Crippen LogP contribution in [0.1, 0.15) is 29.2 Å². The van der Waals surface area contributed by atoms with Crippen molar-refractivity contribution < 1.29 is 9.21 Å². The lowest BCUT2D eigenvalue weighted by Gasteiger charge is -2.15. The summed E-state index contributed by atoms with van der Waals surface area (Å²) in [5, 5.41) is 7.05. The van der Waals surface area contributed by atoms with E-state index < -0.39 is 0 Å². The Morgan fingerprint density at radius 3 is 2.90 bits per heavy atom. The van der Waals surface area contributed by atoms with Crippen molar-refractivity contribution in [3.8, 4) is 0 Å². The fourth-order valence-corrected chi connectivity index (χ4v) is 2.38. The van der Waals surface area contributed by atoms with Gasteiger partial charge >= 0.3 is 0 Å². The Hall–Kier alpha value is -2.37. The number of nitrogens with zero attached hydrogens (tertiary/aromatic N) is 2. The van der Waals surface area contributed by atoms with Crippen LogP contribution < -0.4 is 10.7 Å². The summed E-state index contributed by atoms with van der Waals surface area (Å²) in [6.07, 6.45) is 5.79. The van der Waals surface area contributed by atoms with E-state index >= 15 is 0 Å². The number of carbonyl (C=O) groups excluding carboxylic acids is 1. The van der Waals surface area contributed by atoms with E-state index in [1.165, 1.54) is 12.1 Å². The molecule has 0 saturated heterocycles.